The molecule has 0 saturated heterocycles. The molecule has 0 bridgehead atoms. The Labute approximate surface area is 93.8 Å². The van der Waals surface area contributed by atoms with Gasteiger partial charge in [0.05, 0.1) is 0 Å². The second-order valence-corrected chi connectivity index (χ2v) is 4.80. The van der Waals surface area contributed by atoms with Crippen LogP contribution in [0.2, 0.25) is 0 Å². The fourth-order valence-corrected chi connectivity index (χ4v) is 2.43. The Balaban J connectivity index is 2.35. The maximum absolute atomic E-state index is 12.1. The molecule has 1 atom stereocenters. The van der Waals surface area contributed by atoms with E-state index in [9.17, 15) is 4.79 Å². The molecule has 1 N–H and O–H groups in total. The highest BCUT2D eigenvalue weighted by molar-refractivity contribution is 5.83. The molecule has 0 aromatic carbocycles. The second kappa shape index (κ2) is 7.00. The zero-order valence-electron chi connectivity index (χ0n) is 10.2. The number of hydrogen-bond donors (Lipinski definition) is 1. The standard InChI is InChI=1S/C13H25NO/c1-3-14-10-11(2)13(15)12-8-6-4-5-7-9-12/h11-12,14H,3-10H2,1-2H3. The first kappa shape index (κ1) is 12.7. The van der Waals surface area contributed by atoms with E-state index in [1.54, 1.807) is 0 Å². The van der Waals surface area contributed by atoms with Gasteiger partial charge in [0.15, 0.2) is 0 Å². The van der Waals surface area contributed by atoms with Gasteiger partial charge in [0.1, 0.15) is 5.78 Å². The third-order valence-corrected chi connectivity index (χ3v) is 3.44. The maximum Gasteiger partial charge on any atom is 0.140 e. The first-order valence-corrected chi connectivity index (χ1v) is 6.50. The van der Waals surface area contributed by atoms with E-state index in [0.29, 0.717) is 11.7 Å². The lowest BCUT2D eigenvalue weighted by molar-refractivity contribution is -0.126. The van der Waals surface area contributed by atoms with Gasteiger partial charge < -0.3 is 5.32 Å². The van der Waals surface area contributed by atoms with Crippen LogP contribution in [0.4, 0.5) is 0 Å². The van der Waals surface area contributed by atoms with Crippen LogP contribution in [0.1, 0.15) is 52.4 Å². The van der Waals surface area contributed by atoms with Crippen molar-refractivity contribution < 1.29 is 4.79 Å². The molecular weight excluding hydrogens is 186 g/mol. The SMILES string of the molecule is CCNCC(C)C(=O)C1CCCCCC1. The van der Waals surface area contributed by atoms with E-state index < -0.39 is 0 Å². The first-order valence-electron chi connectivity index (χ1n) is 6.50. The van der Waals surface area contributed by atoms with Crippen LogP contribution in [0.5, 0.6) is 0 Å². The number of Topliss-reactive ketones (excluding diaryl/α,β-unsaturated/α-hetero) is 1. The van der Waals surface area contributed by atoms with Crippen molar-refractivity contribution in [3.05, 3.63) is 0 Å². The predicted octanol–water partition coefficient (Wildman–Crippen LogP) is 2.77. The molecule has 2 nitrogen and oxygen atoms in total. The average Bonchev–Trinajstić information content (AvgIpc) is 2.53. The van der Waals surface area contributed by atoms with Crippen molar-refractivity contribution in [3.8, 4) is 0 Å². The minimum Gasteiger partial charge on any atom is -0.316 e. The van der Waals surface area contributed by atoms with Gasteiger partial charge in [-0.05, 0) is 19.4 Å². The zero-order valence-corrected chi connectivity index (χ0v) is 10.2. The molecule has 0 spiro atoms. The van der Waals surface area contributed by atoms with Gasteiger partial charge in [-0.2, -0.15) is 0 Å². The number of carbonyl (C=O) groups excluding carboxylic acids is 1. The number of rotatable bonds is 5. The molecule has 0 aliphatic heterocycles. The molecule has 0 aromatic rings. The minimum atomic E-state index is 0.202. The van der Waals surface area contributed by atoms with Gasteiger partial charge in [-0.1, -0.05) is 39.5 Å². The Kier molecular flexibility index (Phi) is 5.92. The molecule has 2 heteroatoms. The molecule has 0 radical (unpaired) electrons. The summed E-state index contributed by atoms with van der Waals surface area (Å²) < 4.78 is 0. The number of hydrogen-bond acceptors (Lipinski definition) is 2. The molecule has 0 aromatic heterocycles. The molecule has 0 amide bonds. The van der Waals surface area contributed by atoms with Crippen molar-refractivity contribution in [1.82, 2.24) is 5.32 Å². The highest BCUT2D eigenvalue weighted by Crippen LogP contribution is 2.25. The molecule has 1 aliphatic carbocycles. The average molecular weight is 211 g/mol. The number of carbonyl (C=O) groups is 1. The van der Waals surface area contributed by atoms with Crippen LogP contribution in [0, 0.1) is 11.8 Å². The van der Waals surface area contributed by atoms with Crippen LogP contribution < -0.4 is 5.32 Å². The molecule has 1 saturated carbocycles. The van der Waals surface area contributed by atoms with Gasteiger partial charge in [0, 0.05) is 18.4 Å². The number of ketones is 1. The van der Waals surface area contributed by atoms with Gasteiger partial charge in [-0.25, -0.2) is 0 Å². The summed E-state index contributed by atoms with van der Waals surface area (Å²) >= 11 is 0. The summed E-state index contributed by atoms with van der Waals surface area (Å²) in [4.78, 5) is 12.1. The Morgan fingerprint density at radius 2 is 1.87 bits per heavy atom. The van der Waals surface area contributed by atoms with E-state index in [0.717, 1.165) is 25.9 Å². The summed E-state index contributed by atoms with van der Waals surface area (Å²) in [6.07, 6.45) is 7.43. The number of nitrogens with one attached hydrogen (secondary N) is 1. The highest BCUT2D eigenvalue weighted by atomic mass is 16.1. The van der Waals surface area contributed by atoms with E-state index in [1.165, 1.54) is 25.7 Å². The maximum atomic E-state index is 12.1. The van der Waals surface area contributed by atoms with Gasteiger partial charge in [-0.3, -0.25) is 4.79 Å². The summed E-state index contributed by atoms with van der Waals surface area (Å²) in [5, 5.41) is 3.26. The lowest BCUT2D eigenvalue weighted by atomic mass is 9.88. The summed E-state index contributed by atoms with van der Waals surface area (Å²) in [5.41, 5.74) is 0. The smallest absolute Gasteiger partial charge is 0.140 e. The fraction of sp³-hybridized carbons (Fsp3) is 0.923. The van der Waals surface area contributed by atoms with E-state index in [2.05, 4.69) is 19.2 Å². The Hall–Kier alpha value is -0.370. The normalized spacial score (nSPS) is 20.9. The van der Waals surface area contributed by atoms with Crippen LogP contribution in [-0.2, 0) is 4.79 Å². The van der Waals surface area contributed by atoms with Crippen LogP contribution in [0.25, 0.3) is 0 Å². The Morgan fingerprint density at radius 1 is 1.27 bits per heavy atom. The van der Waals surface area contributed by atoms with Gasteiger partial charge in [0.25, 0.3) is 0 Å². The minimum absolute atomic E-state index is 0.202. The molecule has 1 rings (SSSR count). The third kappa shape index (κ3) is 4.33. The van der Waals surface area contributed by atoms with Crippen molar-refractivity contribution in [2.45, 2.75) is 52.4 Å². The monoisotopic (exact) mass is 211 g/mol. The molecular formula is C13H25NO. The van der Waals surface area contributed by atoms with Crippen LogP contribution in [-0.4, -0.2) is 18.9 Å². The topological polar surface area (TPSA) is 29.1 Å². The molecule has 1 aliphatic rings. The molecule has 0 heterocycles. The lowest BCUT2D eigenvalue weighted by Gasteiger charge is -2.18. The quantitative estimate of drug-likeness (QED) is 0.708. The highest BCUT2D eigenvalue weighted by Gasteiger charge is 2.23. The van der Waals surface area contributed by atoms with E-state index in [4.69, 9.17) is 0 Å². The second-order valence-electron chi connectivity index (χ2n) is 4.80. The zero-order chi connectivity index (χ0) is 11.1. The largest absolute Gasteiger partial charge is 0.316 e. The van der Waals surface area contributed by atoms with Crippen LogP contribution >= 0.6 is 0 Å². The lowest BCUT2D eigenvalue weighted by Crippen LogP contribution is -2.30. The van der Waals surface area contributed by atoms with Crippen molar-refractivity contribution in [1.29, 1.82) is 0 Å². The van der Waals surface area contributed by atoms with E-state index in [-0.39, 0.29) is 5.92 Å². The molecule has 15 heavy (non-hydrogen) atoms. The molecule has 1 fully saturated rings. The predicted molar refractivity (Wildman–Crippen MR) is 63.9 cm³/mol. The summed E-state index contributed by atoms with van der Waals surface area (Å²) in [6.45, 7) is 5.97. The van der Waals surface area contributed by atoms with Gasteiger partial charge in [0.2, 0.25) is 0 Å². The fourth-order valence-electron chi connectivity index (χ4n) is 2.43. The summed E-state index contributed by atoms with van der Waals surface area (Å²) in [5.74, 6) is 1.06. The van der Waals surface area contributed by atoms with Crippen LogP contribution in [0.3, 0.4) is 0 Å². The molecule has 1 unspecified atom stereocenters. The van der Waals surface area contributed by atoms with Crippen molar-refractivity contribution in [2.24, 2.45) is 11.8 Å². The van der Waals surface area contributed by atoms with Gasteiger partial charge in [-0.15, -0.1) is 0 Å². The van der Waals surface area contributed by atoms with Crippen molar-refractivity contribution in [3.63, 3.8) is 0 Å². The van der Waals surface area contributed by atoms with Crippen LogP contribution in [0.15, 0.2) is 0 Å². The Morgan fingerprint density at radius 3 is 2.40 bits per heavy atom. The van der Waals surface area contributed by atoms with Gasteiger partial charge >= 0.3 is 0 Å². The van der Waals surface area contributed by atoms with Crippen molar-refractivity contribution in [2.75, 3.05) is 13.1 Å². The third-order valence-electron chi connectivity index (χ3n) is 3.44. The first-order chi connectivity index (χ1) is 7.25. The summed E-state index contributed by atoms with van der Waals surface area (Å²) in [6, 6.07) is 0. The van der Waals surface area contributed by atoms with Crippen molar-refractivity contribution >= 4 is 5.78 Å². The Bertz CT molecular complexity index is 183. The van der Waals surface area contributed by atoms with E-state index >= 15 is 0 Å². The van der Waals surface area contributed by atoms with E-state index in [1.807, 2.05) is 0 Å². The molecule has 88 valence electrons. The summed E-state index contributed by atoms with van der Waals surface area (Å²) in [7, 11) is 0.